The molecule has 1 N–H and O–H groups in total. The predicted octanol–water partition coefficient (Wildman–Crippen LogP) is 5.26. The summed E-state index contributed by atoms with van der Waals surface area (Å²) in [5, 5.41) is 11.2. The molecular weight excluding hydrogens is 405 g/mol. The molecule has 0 aliphatic rings. The molecule has 0 saturated heterocycles. The number of hydrogen-bond donors (Lipinski definition) is 1. The number of hydrogen-bond acceptors (Lipinski definition) is 3. The quantitative estimate of drug-likeness (QED) is 0.483. The molecule has 0 fully saturated rings. The molecule has 0 radical (unpaired) electrons. The summed E-state index contributed by atoms with van der Waals surface area (Å²) in [6.07, 6.45) is -4.02. The lowest BCUT2D eigenvalue weighted by atomic mass is 9.85. The van der Waals surface area contributed by atoms with Crippen molar-refractivity contribution in [3.05, 3.63) is 58.1 Å². The lowest BCUT2D eigenvalue weighted by molar-refractivity contribution is -0.266. The second-order valence-corrected chi connectivity index (χ2v) is 7.25. The fraction of sp³-hybridized carbons (Fsp3) is 0.381. The zero-order valence-electron chi connectivity index (χ0n) is 16.7. The molecular formula is C21H24ClF3N2O2. The molecule has 0 spiro atoms. The first-order chi connectivity index (χ1) is 13.5. The number of nitrogens with zero attached hydrogens (tertiary/aromatic N) is 2. The van der Waals surface area contributed by atoms with Crippen LogP contribution in [0.4, 0.5) is 18.9 Å². The van der Waals surface area contributed by atoms with E-state index >= 15 is 0 Å². The molecule has 0 aromatic heterocycles. The fourth-order valence-electron chi connectivity index (χ4n) is 2.80. The maximum atomic E-state index is 14.0. The molecule has 0 amide bonds. The largest absolute Gasteiger partial charge is 0.496 e. The third-order valence-corrected chi connectivity index (χ3v) is 4.95. The van der Waals surface area contributed by atoms with Crippen LogP contribution in [-0.2, 0) is 12.0 Å². The van der Waals surface area contributed by atoms with Gasteiger partial charge in [0.05, 0.1) is 19.1 Å². The Kier molecular flexibility index (Phi) is 7.19. The van der Waals surface area contributed by atoms with E-state index in [1.165, 1.54) is 43.5 Å². The van der Waals surface area contributed by atoms with E-state index < -0.39 is 18.2 Å². The van der Waals surface area contributed by atoms with Crippen LogP contribution in [-0.4, -0.2) is 43.2 Å². The summed E-state index contributed by atoms with van der Waals surface area (Å²) in [5.41, 5.74) is -2.26. The van der Waals surface area contributed by atoms with Crippen LogP contribution >= 0.6 is 11.6 Å². The van der Waals surface area contributed by atoms with E-state index in [-0.39, 0.29) is 11.3 Å². The van der Waals surface area contributed by atoms with E-state index in [2.05, 4.69) is 4.99 Å². The predicted molar refractivity (Wildman–Crippen MR) is 109 cm³/mol. The van der Waals surface area contributed by atoms with E-state index in [4.69, 9.17) is 16.3 Å². The molecule has 0 heterocycles. The van der Waals surface area contributed by atoms with Crippen molar-refractivity contribution in [3.63, 3.8) is 0 Å². The number of benzene rings is 2. The first-order valence-electron chi connectivity index (χ1n) is 8.99. The molecule has 2 aromatic carbocycles. The highest BCUT2D eigenvalue weighted by atomic mass is 35.5. The number of aliphatic hydroxyl groups is 1. The fourth-order valence-corrected chi connectivity index (χ4v) is 2.92. The number of alkyl halides is 3. The molecule has 2 rings (SSSR count). The van der Waals surface area contributed by atoms with Gasteiger partial charge in [0.15, 0.2) is 5.60 Å². The third-order valence-electron chi connectivity index (χ3n) is 4.70. The number of methoxy groups -OCH3 is 1. The van der Waals surface area contributed by atoms with Crippen LogP contribution in [0.3, 0.4) is 0 Å². The Bertz CT molecular complexity index is 869. The van der Waals surface area contributed by atoms with Crippen molar-refractivity contribution in [1.29, 1.82) is 0 Å². The summed E-state index contributed by atoms with van der Waals surface area (Å²) in [6, 6.07) is 8.57. The molecule has 1 unspecified atom stereocenters. The van der Waals surface area contributed by atoms with Gasteiger partial charge in [-0.2, -0.15) is 13.2 Å². The minimum absolute atomic E-state index is 0.0873. The van der Waals surface area contributed by atoms with Gasteiger partial charge in [-0.3, -0.25) is 0 Å². The number of ether oxygens (including phenoxy) is 1. The van der Waals surface area contributed by atoms with Gasteiger partial charge in [0.2, 0.25) is 0 Å². The van der Waals surface area contributed by atoms with Gasteiger partial charge in [-0.25, -0.2) is 4.99 Å². The minimum atomic E-state index is -4.93. The van der Waals surface area contributed by atoms with Crippen molar-refractivity contribution >= 4 is 23.6 Å². The summed E-state index contributed by atoms with van der Waals surface area (Å²) < 4.78 is 47.3. The zero-order chi connectivity index (χ0) is 21.8. The van der Waals surface area contributed by atoms with Crippen LogP contribution in [0.15, 0.2) is 41.4 Å². The van der Waals surface area contributed by atoms with Gasteiger partial charge in [0, 0.05) is 36.7 Å². The van der Waals surface area contributed by atoms with E-state index in [0.717, 1.165) is 6.54 Å². The Labute approximate surface area is 173 Å². The Morgan fingerprint density at radius 3 is 2.34 bits per heavy atom. The van der Waals surface area contributed by atoms with Gasteiger partial charge in [0.25, 0.3) is 0 Å². The van der Waals surface area contributed by atoms with Crippen LogP contribution in [0.1, 0.15) is 23.6 Å². The SMILES string of the molecule is CCN(C)C=Nc1cc(OC)c(C(O)(Cc2ccc(Cl)cc2)C(F)(F)F)cc1C. The second kappa shape index (κ2) is 9.05. The van der Waals surface area contributed by atoms with Crippen molar-refractivity contribution in [2.24, 2.45) is 4.99 Å². The van der Waals surface area contributed by atoms with Gasteiger partial charge in [-0.05, 0) is 43.2 Å². The number of aliphatic imine (C=N–C) groups is 1. The lowest BCUT2D eigenvalue weighted by Crippen LogP contribution is -2.44. The second-order valence-electron chi connectivity index (χ2n) is 6.82. The molecule has 0 aliphatic heterocycles. The Morgan fingerprint density at radius 1 is 1.21 bits per heavy atom. The first kappa shape index (κ1) is 23.0. The number of halogens is 4. The highest BCUT2D eigenvalue weighted by Gasteiger charge is 2.56. The maximum absolute atomic E-state index is 14.0. The van der Waals surface area contributed by atoms with E-state index in [1.807, 2.05) is 18.9 Å². The normalized spacial score (nSPS) is 14.1. The zero-order valence-corrected chi connectivity index (χ0v) is 17.5. The third kappa shape index (κ3) is 5.22. The molecule has 158 valence electrons. The monoisotopic (exact) mass is 428 g/mol. The molecule has 4 nitrogen and oxygen atoms in total. The Morgan fingerprint density at radius 2 is 1.83 bits per heavy atom. The summed E-state index contributed by atoms with van der Waals surface area (Å²) >= 11 is 5.82. The molecule has 2 aromatic rings. The van der Waals surface area contributed by atoms with Crippen LogP contribution in [0, 0.1) is 6.92 Å². The van der Waals surface area contributed by atoms with Gasteiger partial charge >= 0.3 is 6.18 Å². The first-order valence-corrected chi connectivity index (χ1v) is 9.36. The van der Waals surface area contributed by atoms with Crippen LogP contribution < -0.4 is 4.74 Å². The molecule has 0 aliphatic carbocycles. The molecule has 0 saturated carbocycles. The van der Waals surface area contributed by atoms with Gasteiger partial charge in [-0.1, -0.05) is 23.7 Å². The Balaban J connectivity index is 2.57. The van der Waals surface area contributed by atoms with Crippen molar-refractivity contribution < 1.29 is 23.0 Å². The maximum Gasteiger partial charge on any atom is 0.421 e. The van der Waals surface area contributed by atoms with Crippen molar-refractivity contribution in [1.82, 2.24) is 4.90 Å². The van der Waals surface area contributed by atoms with Gasteiger partial charge in [-0.15, -0.1) is 0 Å². The highest BCUT2D eigenvalue weighted by Crippen LogP contribution is 2.46. The minimum Gasteiger partial charge on any atom is -0.496 e. The molecule has 29 heavy (non-hydrogen) atoms. The highest BCUT2D eigenvalue weighted by molar-refractivity contribution is 6.30. The topological polar surface area (TPSA) is 45.1 Å². The summed E-state index contributed by atoms with van der Waals surface area (Å²) in [4.78, 5) is 6.13. The van der Waals surface area contributed by atoms with Gasteiger partial charge in [0.1, 0.15) is 5.75 Å². The summed E-state index contributed by atoms with van der Waals surface area (Å²) in [7, 11) is 3.10. The summed E-state index contributed by atoms with van der Waals surface area (Å²) in [5.74, 6) is -0.0873. The average molecular weight is 429 g/mol. The van der Waals surface area contributed by atoms with Crippen LogP contribution in [0.2, 0.25) is 5.02 Å². The number of aryl methyl sites for hydroxylation is 1. The van der Waals surface area contributed by atoms with Crippen molar-refractivity contribution in [2.75, 3.05) is 20.7 Å². The van der Waals surface area contributed by atoms with Crippen LogP contribution in [0.25, 0.3) is 0 Å². The standard InChI is InChI=1S/C21H24ClF3N2O2/c1-5-27(3)13-26-18-11-19(29-4)17(10-14(18)2)20(28,21(23,24)25)12-15-6-8-16(22)9-7-15/h6-11,13,28H,5,12H2,1-4H3. The average Bonchev–Trinajstić information content (AvgIpc) is 2.67. The van der Waals surface area contributed by atoms with E-state index in [9.17, 15) is 18.3 Å². The van der Waals surface area contributed by atoms with Crippen LogP contribution in [0.5, 0.6) is 5.75 Å². The Hall–Kier alpha value is -2.25. The van der Waals surface area contributed by atoms with Crippen molar-refractivity contribution in [3.8, 4) is 5.75 Å². The summed E-state index contributed by atoms with van der Waals surface area (Å²) in [6.45, 7) is 4.32. The molecule has 8 heteroatoms. The van der Waals surface area contributed by atoms with E-state index in [0.29, 0.717) is 21.8 Å². The number of rotatable bonds is 7. The van der Waals surface area contributed by atoms with Gasteiger partial charge < -0.3 is 14.7 Å². The van der Waals surface area contributed by atoms with Crippen molar-refractivity contribution in [2.45, 2.75) is 32.0 Å². The molecule has 0 bridgehead atoms. The van der Waals surface area contributed by atoms with E-state index in [1.54, 1.807) is 13.3 Å². The molecule has 1 atom stereocenters. The lowest BCUT2D eigenvalue weighted by Gasteiger charge is -2.32. The smallest absolute Gasteiger partial charge is 0.421 e.